The van der Waals surface area contributed by atoms with Crippen molar-refractivity contribution in [2.45, 2.75) is 25.0 Å². The number of anilines is 1. The largest absolute Gasteiger partial charge is 0.391 e. The summed E-state index contributed by atoms with van der Waals surface area (Å²) in [5.41, 5.74) is 8.12. The third kappa shape index (κ3) is 3.67. The van der Waals surface area contributed by atoms with E-state index in [1.807, 2.05) is 29.2 Å². The van der Waals surface area contributed by atoms with Crippen LogP contribution in [0.15, 0.2) is 36.7 Å². The average Bonchev–Trinajstić information content (AvgIpc) is 2.61. The Morgan fingerprint density at radius 1 is 1.26 bits per heavy atom. The molecule has 2 heterocycles. The van der Waals surface area contributed by atoms with Crippen LogP contribution in [0.5, 0.6) is 0 Å². The molecule has 1 saturated heterocycles. The van der Waals surface area contributed by atoms with Gasteiger partial charge in [-0.25, -0.2) is 9.97 Å². The van der Waals surface area contributed by atoms with Crippen molar-refractivity contribution in [3.8, 4) is 11.1 Å². The van der Waals surface area contributed by atoms with Crippen molar-refractivity contribution >= 4 is 5.95 Å². The van der Waals surface area contributed by atoms with Gasteiger partial charge >= 0.3 is 0 Å². The Labute approximate surface area is 135 Å². The molecule has 2 atom stereocenters. The summed E-state index contributed by atoms with van der Waals surface area (Å²) in [7, 11) is 0. The van der Waals surface area contributed by atoms with Crippen molar-refractivity contribution < 1.29 is 10.2 Å². The van der Waals surface area contributed by atoms with Gasteiger partial charge in [0.25, 0.3) is 0 Å². The molecule has 1 aliphatic heterocycles. The summed E-state index contributed by atoms with van der Waals surface area (Å²) in [4.78, 5) is 10.9. The normalized spacial score (nSPS) is 19.6. The molecule has 3 rings (SSSR count). The van der Waals surface area contributed by atoms with Crippen molar-refractivity contribution in [1.29, 1.82) is 0 Å². The first-order chi connectivity index (χ1) is 11.2. The number of rotatable bonds is 4. The molecule has 23 heavy (non-hydrogen) atoms. The summed E-state index contributed by atoms with van der Waals surface area (Å²) >= 11 is 0. The molecule has 0 spiro atoms. The predicted octanol–water partition coefficient (Wildman–Crippen LogP) is 1.10. The van der Waals surface area contributed by atoms with E-state index in [-0.39, 0.29) is 12.6 Å². The standard InChI is InChI=1S/C17H22N4O2/c18-8-16(23)13-4-1-3-12(7-13)14-9-19-17(20-10-14)21-6-2-5-15(22)11-21/h1,3-4,7,9-10,15-16,22-23H,2,5-6,8,11,18H2/t15?,16-/m0/s1. The first-order valence-corrected chi connectivity index (χ1v) is 7.91. The lowest BCUT2D eigenvalue weighted by molar-refractivity contribution is 0.153. The Morgan fingerprint density at radius 3 is 2.74 bits per heavy atom. The van der Waals surface area contributed by atoms with Gasteiger partial charge in [0.15, 0.2) is 0 Å². The van der Waals surface area contributed by atoms with Crippen LogP contribution in [-0.4, -0.2) is 45.9 Å². The van der Waals surface area contributed by atoms with E-state index in [1.165, 1.54) is 0 Å². The molecule has 0 aliphatic carbocycles. The maximum atomic E-state index is 9.85. The number of aliphatic hydroxyl groups is 2. The van der Waals surface area contributed by atoms with Crippen molar-refractivity contribution in [3.05, 3.63) is 42.2 Å². The number of piperidine rings is 1. The first kappa shape index (κ1) is 15.9. The van der Waals surface area contributed by atoms with Gasteiger partial charge in [0, 0.05) is 37.6 Å². The maximum Gasteiger partial charge on any atom is 0.225 e. The highest BCUT2D eigenvalue weighted by Crippen LogP contribution is 2.23. The first-order valence-electron chi connectivity index (χ1n) is 7.91. The highest BCUT2D eigenvalue weighted by atomic mass is 16.3. The summed E-state index contributed by atoms with van der Waals surface area (Å²) in [5, 5.41) is 19.6. The Balaban J connectivity index is 1.79. The molecule has 2 aromatic rings. The minimum atomic E-state index is -0.662. The summed E-state index contributed by atoms with van der Waals surface area (Å²) < 4.78 is 0. The Kier molecular flexibility index (Phi) is 4.85. The van der Waals surface area contributed by atoms with E-state index in [1.54, 1.807) is 12.4 Å². The Morgan fingerprint density at radius 2 is 2.04 bits per heavy atom. The summed E-state index contributed by atoms with van der Waals surface area (Å²) in [6.45, 7) is 1.64. The number of β-amino-alcohol motifs (C(OH)–C–C–N with tert-alkyl or cyclic N) is 1. The minimum absolute atomic E-state index is 0.191. The van der Waals surface area contributed by atoms with E-state index in [4.69, 9.17) is 5.73 Å². The molecule has 6 nitrogen and oxygen atoms in total. The third-order valence-corrected chi connectivity index (χ3v) is 4.15. The lowest BCUT2D eigenvalue weighted by Gasteiger charge is -2.29. The fourth-order valence-corrected chi connectivity index (χ4v) is 2.83. The van der Waals surface area contributed by atoms with E-state index in [0.29, 0.717) is 12.5 Å². The Hall–Kier alpha value is -2.02. The summed E-state index contributed by atoms with van der Waals surface area (Å²) in [6, 6.07) is 7.60. The second kappa shape index (κ2) is 7.04. The minimum Gasteiger partial charge on any atom is -0.391 e. The number of nitrogens with two attached hydrogens (primary N) is 1. The van der Waals surface area contributed by atoms with Crippen LogP contribution in [0.4, 0.5) is 5.95 Å². The molecule has 1 aliphatic rings. The van der Waals surface area contributed by atoms with Crippen molar-refractivity contribution in [2.75, 3.05) is 24.5 Å². The van der Waals surface area contributed by atoms with Gasteiger partial charge in [0.1, 0.15) is 0 Å². The number of aromatic nitrogens is 2. The van der Waals surface area contributed by atoms with Crippen LogP contribution < -0.4 is 10.6 Å². The monoisotopic (exact) mass is 314 g/mol. The molecule has 6 heteroatoms. The van der Waals surface area contributed by atoms with Gasteiger partial charge in [-0.3, -0.25) is 0 Å². The second-order valence-corrected chi connectivity index (χ2v) is 5.89. The SMILES string of the molecule is NC[C@H](O)c1cccc(-c2cnc(N3CCCC(O)C3)nc2)c1. The van der Waals surface area contributed by atoms with Gasteiger partial charge in [-0.05, 0) is 30.0 Å². The maximum absolute atomic E-state index is 9.85. The summed E-state index contributed by atoms with van der Waals surface area (Å²) in [6.07, 6.45) is 4.37. The highest BCUT2D eigenvalue weighted by Gasteiger charge is 2.19. The third-order valence-electron chi connectivity index (χ3n) is 4.15. The molecule has 1 unspecified atom stereocenters. The van der Waals surface area contributed by atoms with Crippen molar-refractivity contribution in [3.63, 3.8) is 0 Å². The van der Waals surface area contributed by atoms with Crippen LogP contribution in [-0.2, 0) is 0 Å². The lowest BCUT2D eigenvalue weighted by atomic mass is 10.0. The zero-order chi connectivity index (χ0) is 16.2. The molecule has 0 radical (unpaired) electrons. The molecule has 1 aromatic heterocycles. The average molecular weight is 314 g/mol. The number of aliphatic hydroxyl groups excluding tert-OH is 2. The van der Waals surface area contributed by atoms with E-state index in [9.17, 15) is 10.2 Å². The molecular weight excluding hydrogens is 292 g/mol. The molecule has 122 valence electrons. The lowest BCUT2D eigenvalue weighted by Crippen LogP contribution is -2.39. The van der Waals surface area contributed by atoms with E-state index in [2.05, 4.69) is 9.97 Å². The van der Waals surface area contributed by atoms with Crippen LogP contribution in [0.1, 0.15) is 24.5 Å². The summed E-state index contributed by atoms with van der Waals surface area (Å²) in [5.74, 6) is 0.644. The number of hydrogen-bond acceptors (Lipinski definition) is 6. The Bertz CT molecular complexity index is 647. The molecule has 0 amide bonds. The van der Waals surface area contributed by atoms with Gasteiger partial charge in [0.05, 0.1) is 12.2 Å². The fourth-order valence-electron chi connectivity index (χ4n) is 2.83. The second-order valence-electron chi connectivity index (χ2n) is 5.89. The van der Waals surface area contributed by atoms with E-state index < -0.39 is 6.10 Å². The fraction of sp³-hybridized carbons (Fsp3) is 0.412. The van der Waals surface area contributed by atoms with Gasteiger partial charge in [-0.2, -0.15) is 0 Å². The van der Waals surface area contributed by atoms with E-state index in [0.717, 1.165) is 36.1 Å². The van der Waals surface area contributed by atoms with Gasteiger partial charge in [-0.15, -0.1) is 0 Å². The predicted molar refractivity (Wildman–Crippen MR) is 88.9 cm³/mol. The van der Waals surface area contributed by atoms with Crippen LogP contribution in [0, 0.1) is 0 Å². The highest BCUT2D eigenvalue weighted by molar-refractivity contribution is 5.63. The molecule has 1 aromatic carbocycles. The smallest absolute Gasteiger partial charge is 0.225 e. The van der Waals surface area contributed by atoms with E-state index >= 15 is 0 Å². The number of benzene rings is 1. The number of nitrogens with zero attached hydrogens (tertiary/aromatic N) is 3. The molecular formula is C17H22N4O2. The van der Waals surface area contributed by atoms with Crippen molar-refractivity contribution in [2.24, 2.45) is 5.73 Å². The van der Waals surface area contributed by atoms with Crippen molar-refractivity contribution in [1.82, 2.24) is 9.97 Å². The van der Waals surface area contributed by atoms with Crippen LogP contribution in [0.3, 0.4) is 0 Å². The molecule has 4 N–H and O–H groups in total. The molecule has 1 fully saturated rings. The van der Waals surface area contributed by atoms with Crippen LogP contribution in [0.25, 0.3) is 11.1 Å². The number of hydrogen-bond donors (Lipinski definition) is 3. The van der Waals surface area contributed by atoms with Gasteiger partial charge in [-0.1, -0.05) is 18.2 Å². The molecule has 0 bridgehead atoms. The van der Waals surface area contributed by atoms with Gasteiger partial charge < -0.3 is 20.8 Å². The van der Waals surface area contributed by atoms with Crippen LogP contribution in [0.2, 0.25) is 0 Å². The molecule has 0 saturated carbocycles. The zero-order valence-electron chi connectivity index (χ0n) is 13.0. The quantitative estimate of drug-likeness (QED) is 0.782. The van der Waals surface area contributed by atoms with Gasteiger partial charge in [0.2, 0.25) is 5.95 Å². The van der Waals surface area contributed by atoms with Crippen LogP contribution >= 0.6 is 0 Å². The topological polar surface area (TPSA) is 95.5 Å². The zero-order valence-corrected chi connectivity index (χ0v) is 13.0.